The number of amides is 4. The van der Waals surface area contributed by atoms with Gasteiger partial charge in [0.2, 0.25) is 5.91 Å². The molecule has 2 aliphatic heterocycles. The molecule has 1 atom stereocenters. The summed E-state index contributed by atoms with van der Waals surface area (Å²) in [4.78, 5) is 39.4. The first kappa shape index (κ1) is 19.2. The van der Waals surface area contributed by atoms with Crippen molar-refractivity contribution in [3.8, 4) is 0 Å². The third-order valence-corrected chi connectivity index (χ3v) is 7.20. The van der Waals surface area contributed by atoms with Gasteiger partial charge >= 0.3 is 6.03 Å². The quantitative estimate of drug-likeness (QED) is 0.758. The smallest absolute Gasteiger partial charge is 0.325 e. The van der Waals surface area contributed by atoms with Gasteiger partial charge in [0.15, 0.2) is 0 Å². The van der Waals surface area contributed by atoms with E-state index in [4.69, 9.17) is 0 Å². The highest BCUT2D eigenvalue weighted by Crippen LogP contribution is 2.38. The van der Waals surface area contributed by atoms with Gasteiger partial charge in [-0.2, -0.15) is 0 Å². The largest absolute Gasteiger partial charge is 0.348 e. The standard InChI is InChI=1S/C20H24FN3O3S/c1-12-5-8-20(9-6-12)18(26)24(19(27)23-20)11-16(25)22-15-7-10-28-17-13(15)3-2-4-14(17)21/h2-4,12,15H,5-11H2,1H3,(H,22,25)(H,23,27)/t12?,15-,20?/m0/s1. The number of rotatable bonds is 3. The number of thioether (sulfide) groups is 1. The van der Waals surface area contributed by atoms with Crippen LogP contribution < -0.4 is 10.6 Å². The maximum atomic E-state index is 14.0. The predicted molar refractivity (Wildman–Crippen MR) is 103 cm³/mol. The maximum absolute atomic E-state index is 14.0. The lowest BCUT2D eigenvalue weighted by Crippen LogP contribution is -2.50. The molecule has 1 saturated carbocycles. The summed E-state index contributed by atoms with van der Waals surface area (Å²) in [7, 11) is 0. The summed E-state index contributed by atoms with van der Waals surface area (Å²) < 4.78 is 14.0. The van der Waals surface area contributed by atoms with E-state index in [1.807, 2.05) is 0 Å². The van der Waals surface area contributed by atoms with E-state index in [1.54, 1.807) is 12.1 Å². The van der Waals surface area contributed by atoms with Crippen LogP contribution >= 0.6 is 11.8 Å². The number of benzene rings is 1. The summed E-state index contributed by atoms with van der Waals surface area (Å²) in [5.41, 5.74) is -0.0966. The average molecular weight is 405 g/mol. The fraction of sp³-hybridized carbons (Fsp3) is 0.550. The topological polar surface area (TPSA) is 78.5 Å². The second-order valence-electron chi connectivity index (χ2n) is 8.00. The molecule has 0 radical (unpaired) electrons. The van der Waals surface area contributed by atoms with Crippen LogP contribution in [0.3, 0.4) is 0 Å². The average Bonchev–Trinajstić information content (AvgIpc) is 2.89. The van der Waals surface area contributed by atoms with Gasteiger partial charge in [-0.3, -0.25) is 14.5 Å². The van der Waals surface area contributed by atoms with E-state index in [2.05, 4.69) is 17.6 Å². The lowest BCUT2D eigenvalue weighted by Gasteiger charge is -2.33. The fourth-order valence-electron chi connectivity index (χ4n) is 4.33. The van der Waals surface area contributed by atoms with Gasteiger partial charge in [0.25, 0.3) is 5.91 Å². The molecule has 1 spiro atoms. The maximum Gasteiger partial charge on any atom is 0.325 e. The first-order valence-electron chi connectivity index (χ1n) is 9.74. The molecule has 0 bridgehead atoms. The number of hydrogen-bond donors (Lipinski definition) is 2. The van der Waals surface area contributed by atoms with Gasteiger partial charge in [0, 0.05) is 10.6 Å². The molecule has 2 N–H and O–H groups in total. The molecule has 2 heterocycles. The Morgan fingerprint density at radius 1 is 1.32 bits per heavy atom. The third kappa shape index (κ3) is 3.38. The van der Waals surface area contributed by atoms with Crippen LogP contribution in [0.15, 0.2) is 23.1 Å². The number of nitrogens with zero attached hydrogens (tertiary/aromatic N) is 1. The number of imide groups is 1. The molecule has 4 rings (SSSR count). The first-order valence-corrected chi connectivity index (χ1v) is 10.7. The van der Waals surface area contributed by atoms with Crippen molar-refractivity contribution in [3.63, 3.8) is 0 Å². The van der Waals surface area contributed by atoms with E-state index >= 15 is 0 Å². The molecule has 2 fully saturated rings. The minimum atomic E-state index is -0.846. The molecule has 8 heteroatoms. The molecule has 6 nitrogen and oxygen atoms in total. The third-order valence-electron chi connectivity index (χ3n) is 6.04. The zero-order valence-electron chi connectivity index (χ0n) is 15.8. The van der Waals surface area contributed by atoms with Crippen LogP contribution in [-0.4, -0.2) is 40.6 Å². The van der Waals surface area contributed by atoms with E-state index < -0.39 is 17.5 Å². The van der Waals surface area contributed by atoms with Crippen molar-refractivity contribution in [2.75, 3.05) is 12.3 Å². The van der Waals surface area contributed by atoms with Crippen LogP contribution in [0, 0.1) is 11.7 Å². The van der Waals surface area contributed by atoms with Crippen molar-refractivity contribution in [3.05, 3.63) is 29.6 Å². The number of urea groups is 1. The molecule has 0 aromatic heterocycles. The molecule has 1 aromatic rings. The molecule has 1 aromatic carbocycles. The zero-order chi connectivity index (χ0) is 19.9. The number of hydrogen-bond acceptors (Lipinski definition) is 4. The van der Waals surface area contributed by atoms with Crippen molar-refractivity contribution in [2.24, 2.45) is 5.92 Å². The zero-order valence-corrected chi connectivity index (χ0v) is 16.6. The van der Waals surface area contributed by atoms with Gasteiger partial charge in [-0.25, -0.2) is 9.18 Å². The summed E-state index contributed by atoms with van der Waals surface area (Å²) in [6, 6.07) is 4.03. The van der Waals surface area contributed by atoms with Crippen molar-refractivity contribution >= 4 is 29.6 Å². The van der Waals surface area contributed by atoms with E-state index in [0.717, 1.165) is 23.3 Å². The second kappa shape index (κ2) is 7.39. The second-order valence-corrected chi connectivity index (χ2v) is 9.11. The minimum absolute atomic E-state index is 0.288. The SMILES string of the molecule is CC1CCC2(CC1)NC(=O)N(CC(=O)N[C@H]1CCSc3c(F)cccc31)C2=O. The van der Waals surface area contributed by atoms with E-state index in [0.29, 0.717) is 35.8 Å². The Labute approximate surface area is 167 Å². The van der Waals surface area contributed by atoms with Crippen molar-refractivity contribution in [2.45, 2.75) is 55.5 Å². The van der Waals surface area contributed by atoms with Crippen molar-refractivity contribution in [1.82, 2.24) is 15.5 Å². The number of halogens is 1. The van der Waals surface area contributed by atoms with Crippen LogP contribution in [0.25, 0.3) is 0 Å². The first-order chi connectivity index (χ1) is 13.4. The molecular formula is C20H24FN3O3S. The molecule has 1 aliphatic carbocycles. The number of carbonyl (C=O) groups excluding carboxylic acids is 3. The molecule has 28 heavy (non-hydrogen) atoms. The summed E-state index contributed by atoms with van der Waals surface area (Å²) in [5, 5.41) is 5.70. The Hall–Kier alpha value is -2.09. The Balaban J connectivity index is 1.43. The van der Waals surface area contributed by atoms with E-state index in [-0.39, 0.29) is 24.3 Å². The Morgan fingerprint density at radius 3 is 2.82 bits per heavy atom. The van der Waals surface area contributed by atoms with Gasteiger partial charge in [-0.15, -0.1) is 11.8 Å². The van der Waals surface area contributed by atoms with Gasteiger partial charge < -0.3 is 10.6 Å². The van der Waals surface area contributed by atoms with Crippen LogP contribution in [0.4, 0.5) is 9.18 Å². The monoisotopic (exact) mass is 405 g/mol. The molecule has 0 unspecified atom stereocenters. The van der Waals surface area contributed by atoms with Crippen molar-refractivity contribution < 1.29 is 18.8 Å². The van der Waals surface area contributed by atoms with Gasteiger partial charge in [0.05, 0.1) is 6.04 Å². The summed E-state index contributed by atoms with van der Waals surface area (Å²) in [5.74, 6) is 0.243. The highest BCUT2D eigenvalue weighted by atomic mass is 32.2. The predicted octanol–water partition coefficient (Wildman–Crippen LogP) is 2.98. The molecular weight excluding hydrogens is 381 g/mol. The summed E-state index contributed by atoms with van der Waals surface area (Å²) >= 11 is 1.44. The minimum Gasteiger partial charge on any atom is -0.348 e. The fourth-order valence-corrected chi connectivity index (χ4v) is 5.47. The van der Waals surface area contributed by atoms with Crippen LogP contribution in [-0.2, 0) is 9.59 Å². The number of nitrogens with one attached hydrogen (secondary N) is 2. The summed E-state index contributed by atoms with van der Waals surface area (Å²) in [6.07, 6.45) is 3.67. The Bertz CT molecular complexity index is 823. The molecule has 4 amide bonds. The van der Waals surface area contributed by atoms with Gasteiger partial charge in [-0.05, 0) is 49.7 Å². The lowest BCUT2D eigenvalue weighted by molar-refractivity contribution is -0.136. The van der Waals surface area contributed by atoms with Crippen molar-refractivity contribution in [1.29, 1.82) is 0 Å². The number of carbonyl (C=O) groups is 3. The highest BCUT2D eigenvalue weighted by Gasteiger charge is 2.52. The number of fused-ring (bicyclic) bond motifs is 1. The molecule has 150 valence electrons. The summed E-state index contributed by atoms with van der Waals surface area (Å²) in [6.45, 7) is 1.83. The van der Waals surface area contributed by atoms with E-state index in [9.17, 15) is 18.8 Å². The normalized spacial score (nSPS) is 29.6. The molecule has 3 aliphatic rings. The Kier molecular flexibility index (Phi) is 5.07. The van der Waals surface area contributed by atoms with Gasteiger partial charge in [0.1, 0.15) is 17.9 Å². The van der Waals surface area contributed by atoms with E-state index in [1.165, 1.54) is 17.8 Å². The van der Waals surface area contributed by atoms with Crippen LogP contribution in [0.5, 0.6) is 0 Å². The van der Waals surface area contributed by atoms with Crippen LogP contribution in [0.2, 0.25) is 0 Å². The van der Waals surface area contributed by atoms with Gasteiger partial charge in [-0.1, -0.05) is 19.1 Å². The lowest BCUT2D eigenvalue weighted by atomic mass is 9.77. The molecule has 1 saturated heterocycles. The Morgan fingerprint density at radius 2 is 2.07 bits per heavy atom. The van der Waals surface area contributed by atoms with Crippen LogP contribution in [0.1, 0.15) is 50.6 Å². The highest BCUT2D eigenvalue weighted by molar-refractivity contribution is 7.99.